The average molecular weight is 1020 g/mol. The van der Waals surface area contributed by atoms with E-state index >= 15 is 0 Å². The third kappa shape index (κ3) is 57.9. The molecule has 0 saturated heterocycles. The average Bonchev–Trinajstić information content (AvgIpc) is 3.38. The van der Waals surface area contributed by atoms with Gasteiger partial charge in [0.25, 0.3) is 0 Å². The van der Waals surface area contributed by atoms with E-state index in [0.29, 0.717) is 25.9 Å². The van der Waals surface area contributed by atoms with Gasteiger partial charge in [-0.15, -0.1) is 0 Å². The summed E-state index contributed by atoms with van der Waals surface area (Å²) in [7, 11) is 0. The number of carbonyl (C=O) groups is 2. The molecule has 2 atom stereocenters. The molecule has 6 nitrogen and oxygen atoms in total. The monoisotopic (exact) mass is 1020 g/mol. The third-order valence-electron chi connectivity index (χ3n) is 15.6. The molecule has 0 aromatic carbocycles. The number of aliphatic hydroxyl groups is 2. The van der Waals surface area contributed by atoms with Crippen molar-refractivity contribution in [3.8, 4) is 0 Å². The van der Waals surface area contributed by atoms with E-state index in [1.54, 1.807) is 0 Å². The predicted molar refractivity (Wildman–Crippen MR) is 315 cm³/mol. The smallest absolute Gasteiger partial charge is 0.305 e. The molecule has 6 heteroatoms. The number of esters is 1. The molecule has 3 N–H and O–H groups in total. The summed E-state index contributed by atoms with van der Waals surface area (Å²) in [4.78, 5) is 24.6. The van der Waals surface area contributed by atoms with E-state index in [2.05, 4.69) is 31.3 Å². The summed E-state index contributed by atoms with van der Waals surface area (Å²) in [5.74, 6) is -0.0328. The number of carbonyl (C=O) groups excluding carboxylic acids is 2. The first-order valence-corrected chi connectivity index (χ1v) is 32.9. The molecule has 0 heterocycles. The Bertz CT molecular complexity index is 1080. The summed E-state index contributed by atoms with van der Waals surface area (Å²) < 4.78 is 5.48. The van der Waals surface area contributed by atoms with Gasteiger partial charge in [-0.3, -0.25) is 9.59 Å². The van der Waals surface area contributed by atoms with Gasteiger partial charge in [-0.1, -0.05) is 321 Å². The van der Waals surface area contributed by atoms with E-state index in [1.807, 2.05) is 0 Å². The second kappa shape index (κ2) is 62.1. The van der Waals surface area contributed by atoms with Crippen LogP contribution in [0.5, 0.6) is 0 Å². The van der Waals surface area contributed by atoms with Crippen molar-refractivity contribution in [2.45, 2.75) is 386 Å². The van der Waals surface area contributed by atoms with Crippen LogP contribution in [0.15, 0.2) is 12.2 Å². The minimum atomic E-state index is -0.671. The Hall–Kier alpha value is -1.40. The van der Waals surface area contributed by atoms with Crippen molar-refractivity contribution in [3.05, 3.63) is 12.2 Å². The fourth-order valence-corrected chi connectivity index (χ4v) is 10.5. The number of allylic oxidation sites excluding steroid dienone is 2. The van der Waals surface area contributed by atoms with Crippen molar-refractivity contribution in [1.82, 2.24) is 5.32 Å². The zero-order valence-electron chi connectivity index (χ0n) is 48.9. The number of hydrogen-bond acceptors (Lipinski definition) is 5. The summed E-state index contributed by atoms with van der Waals surface area (Å²) >= 11 is 0. The second-order valence-corrected chi connectivity index (χ2v) is 22.8. The molecular formula is C66H129NO5. The zero-order chi connectivity index (χ0) is 52.2. The number of amides is 1. The standard InChI is InChI=1S/C66H129NO5/c1-3-5-7-9-11-13-15-17-19-20-21-22-23-25-28-31-34-38-42-46-50-54-58-64(69)63(62-68)67-65(70)59-55-51-47-43-39-35-32-29-26-24-27-30-33-37-41-45-49-53-57-61-72-66(71)60-56-52-48-44-40-36-18-16-14-12-10-8-6-4-2/h24,26,63-64,68-69H,3-23,25,27-62H2,1-2H3,(H,67,70)/b26-24-. The van der Waals surface area contributed by atoms with Crippen molar-refractivity contribution in [3.63, 3.8) is 0 Å². The van der Waals surface area contributed by atoms with Crippen LogP contribution in [-0.4, -0.2) is 47.4 Å². The Labute approximate surface area is 450 Å². The van der Waals surface area contributed by atoms with Crippen LogP contribution in [0, 0.1) is 0 Å². The highest BCUT2D eigenvalue weighted by atomic mass is 16.5. The zero-order valence-corrected chi connectivity index (χ0v) is 48.9. The molecule has 0 saturated carbocycles. The van der Waals surface area contributed by atoms with E-state index in [9.17, 15) is 19.8 Å². The van der Waals surface area contributed by atoms with Crippen LogP contribution in [0.1, 0.15) is 373 Å². The van der Waals surface area contributed by atoms with Gasteiger partial charge in [-0.25, -0.2) is 0 Å². The van der Waals surface area contributed by atoms with Gasteiger partial charge in [0.15, 0.2) is 0 Å². The summed E-state index contributed by atoms with van der Waals surface area (Å²) in [6, 6.07) is -0.549. The molecule has 1 amide bonds. The van der Waals surface area contributed by atoms with Gasteiger partial charge in [0.05, 0.1) is 25.4 Å². The van der Waals surface area contributed by atoms with Crippen LogP contribution in [0.3, 0.4) is 0 Å². The first kappa shape index (κ1) is 70.6. The maximum absolute atomic E-state index is 12.5. The SMILES string of the molecule is CCCCCCCCCCCCCCCCCCCCCCCCC(O)C(CO)NC(=O)CCCCCCCCC/C=C\CCCCCCCCCCOC(=O)CCCCCCCCCCCCCCCC. The van der Waals surface area contributed by atoms with Crippen LogP contribution in [-0.2, 0) is 14.3 Å². The lowest BCUT2D eigenvalue weighted by atomic mass is 10.0. The molecular weight excluding hydrogens is 887 g/mol. The Morgan fingerprint density at radius 2 is 0.653 bits per heavy atom. The van der Waals surface area contributed by atoms with E-state index in [4.69, 9.17) is 4.74 Å². The quantitative estimate of drug-likeness (QED) is 0.0320. The highest BCUT2D eigenvalue weighted by molar-refractivity contribution is 5.76. The highest BCUT2D eigenvalue weighted by Crippen LogP contribution is 2.18. The normalized spacial score (nSPS) is 12.6. The molecule has 0 spiro atoms. The van der Waals surface area contributed by atoms with Crippen LogP contribution in [0.25, 0.3) is 0 Å². The molecule has 0 aliphatic heterocycles. The summed E-state index contributed by atoms with van der Waals surface area (Å²) in [5.41, 5.74) is 0. The van der Waals surface area contributed by atoms with Crippen LogP contribution >= 0.6 is 0 Å². The summed E-state index contributed by atoms with van der Waals surface area (Å²) in [5, 5.41) is 23.4. The van der Waals surface area contributed by atoms with Gasteiger partial charge < -0.3 is 20.3 Å². The lowest BCUT2D eigenvalue weighted by molar-refractivity contribution is -0.143. The molecule has 0 aromatic heterocycles. The van der Waals surface area contributed by atoms with E-state index in [0.717, 1.165) is 38.5 Å². The Kier molecular flexibility index (Phi) is 60.9. The minimum Gasteiger partial charge on any atom is -0.466 e. The van der Waals surface area contributed by atoms with Crippen molar-refractivity contribution in [2.75, 3.05) is 13.2 Å². The second-order valence-electron chi connectivity index (χ2n) is 22.8. The van der Waals surface area contributed by atoms with E-state index < -0.39 is 12.1 Å². The Morgan fingerprint density at radius 1 is 0.375 bits per heavy atom. The van der Waals surface area contributed by atoms with Gasteiger partial charge in [-0.05, 0) is 51.4 Å². The van der Waals surface area contributed by atoms with E-state index in [1.165, 1.54) is 302 Å². The van der Waals surface area contributed by atoms with E-state index in [-0.39, 0.29) is 18.5 Å². The number of nitrogens with one attached hydrogen (secondary N) is 1. The Morgan fingerprint density at radius 3 is 0.986 bits per heavy atom. The molecule has 0 fully saturated rings. The van der Waals surface area contributed by atoms with Gasteiger partial charge in [0, 0.05) is 12.8 Å². The van der Waals surface area contributed by atoms with Crippen molar-refractivity contribution in [1.29, 1.82) is 0 Å². The highest BCUT2D eigenvalue weighted by Gasteiger charge is 2.20. The number of aliphatic hydroxyl groups excluding tert-OH is 2. The van der Waals surface area contributed by atoms with Gasteiger partial charge in [0.2, 0.25) is 5.91 Å². The molecule has 72 heavy (non-hydrogen) atoms. The molecule has 0 aliphatic carbocycles. The molecule has 0 radical (unpaired) electrons. The third-order valence-corrected chi connectivity index (χ3v) is 15.6. The molecule has 0 aromatic rings. The van der Waals surface area contributed by atoms with Crippen LogP contribution in [0.2, 0.25) is 0 Å². The number of hydrogen-bond donors (Lipinski definition) is 3. The van der Waals surface area contributed by atoms with Gasteiger partial charge >= 0.3 is 5.97 Å². The molecule has 0 aliphatic rings. The molecule has 0 bridgehead atoms. The first-order chi connectivity index (χ1) is 35.5. The summed E-state index contributed by atoms with van der Waals surface area (Å²) in [6.07, 6.45) is 75.1. The number of ether oxygens (including phenoxy) is 1. The van der Waals surface area contributed by atoms with Crippen LogP contribution < -0.4 is 5.32 Å². The topological polar surface area (TPSA) is 95.9 Å². The fourth-order valence-electron chi connectivity index (χ4n) is 10.5. The first-order valence-electron chi connectivity index (χ1n) is 32.9. The number of unbranched alkanes of at least 4 members (excludes halogenated alkanes) is 49. The minimum absolute atomic E-state index is 0.00735. The van der Waals surface area contributed by atoms with Gasteiger partial charge in [0.1, 0.15) is 0 Å². The van der Waals surface area contributed by atoms with Crippen molar-refractivity contribution in [2.24, 2.45) is 0 Å². The lowest BCUT2D eigenvalue weighted by Gasteiger charge is -2.22. The Balaban J connectivity index is 3.43. The number of rotatable bonds is 62. The largest absolute Gasteiger partial charge is 0.466 e. The van der Waals surface area contributed by atoms with Gasteiger partial charge in [-0.2, -0.15) is 0 Å². The predicted octanol–water partition coefficient (Wildman–Crippen LogP) is 20.8. The van der Waals surface area contributed by atoms with Crippen LogP contribution in [0.4, 0.5) is 0 Å². The fraction of sp³-hybridized carbons (Fsp3) is 0.939. The molecule has 0 rings (SSSR count). The maximum atomic E-state index is 12.5. The lowest BCUT2D eigenvalue weighted by Crippen LogP contribution is -2.45. The molecule has 428 valence electrons. The summed E-state index contributed by atoms with van der Waals surface area (Å²) in [6.45, 7) is 4.98. The van der Waals surface area contributed by atoms with Crippen molar-refractivity contribution < 1.29 is 24.5 Å². The maximum Gasteiger partial charge on any atom is 0.305 e. The molecule has 2 unspecified atom stereocenters. The van der Waals surface area contributed by atoms with Crippen molar-refractivity contribution >= 4 is 11.9 Å².